The summed E-state index contributed by atoms with van der Waals surface area (Å²) in [5.41, 5.74) is 6.75. The van der Waals surface area contributed by atoms with Gasteiger partial charge in [-0.25, -0.2) is 4.98 Å². The molecular weight excluding hydrogens is 336 g/mol. The zero-order valence-electron chi connectivity index (χ0n) is 15.5. The highest BCUT2D eigenvalue weighted by Gasteiger charge is 2.15. The first-order chi connectivity index (χ1) is 13.0. The Hall–Kier alpha value is -3.47. The lowest BCUT2D eigenvalue weighted by molar-refractivity contribution is 0.475. The van der Waals surface area contributed by atoms with Crippen molar-refractivity contribution in [1.82, 2.24) is 9.38 Å². The SMILES string of the molecule is Cc1ccc2nc(-c3ccc(C)c(C)c3)c(N=Nc3cccc(O)c3)n2c1. The molecule has 2 aromatic heterocycles. The zero-order chi connectivity index (χ0) is 19.0. The van der Waals surface area contributed by atoms with E-state index >= 15 is 0 Å². The molecule has 0 unspecified atom stereocenters. The Morgan fingerprint density at radius 3 is 2.52 bits per heavy atom. The minimum Gasteiger partial charge on any atom is -0.508 e. The van der Waals surface area contributed by atoms with Gasteiger partial charge in [0.05, 0.1) is 5.69 Å². The predicted molar refractivity (Wildman–Crippen MR) is 107 cm³/mol. The number of pyridine rings is 1. The normalized spacial score (nSPS) is 11.5. The van der Waals surface area contributed by atoms with Crippen molar-refractivity contribution in [2.45, 2.75) is 20.8 Å². The van der Waals surface area contributed by atoms with E-state index < -0.39 is 0 Å². The van der Waals surface area contributed by atoms with Gasteiger partial charge in [0.2, 0.25) is 0 Å². The molecule has 0 aliphatic heterocycles. The summed E-state index contributed by atoms with van der Waals surface area (Å²) in [5.74, 6) is 0.829. The van der Waals surface area contributed by atoms with Gasteiger partial charge in [-0.3, -0.25) is 4.40 Å². The van der Waals surface area contributed by atoms with Crippen LogP contribution in [0.4, 0.5) is 11.5 Å². The molecule has 0 atom stereocenters. The maximum atomic E-state index is 9.65. The summed E-state index contributed by atoms with van der Waals surface area (Å²) in [6, 6.07) is 17.0. The largest absolute Gasteiger partial charge is 0.508 e. The number of azo groups is 1. The molecule has 4 rings (SSSR count). The van der Waals surface area contributed by atoms with Crippen LogP contribution in [0.25, 0.3) is 16.9 Å². The number of nitrogens with zero attached hydrogens (tertiary/aromatic N) is 4. The molecule has 5 nitrogen and oxygen atoms in total. The number of benzene rings is 2. The van der Waals surface area contributed by atoms with Crippen molar-refractivity contribution >= 4 is 17.2 Å². The van der Waals surface area contributed by atoms with E-state index in [1.54, 1.807) is 24.3 Å². The molecule has 4 aromatic rings. The van der Waals surface area contributed by atoms with Crippen molar-refractivity contribution in [3.63, 3.8) is 0 Å². The van der Waals surface area contributed by atoms with E-state index in [9.17, 15) is 5.11 Å². The molecule has 0 fully saturated rings. The molecule has 0 saturated carbocycles. The predicted octanol–water partition coefficient (Wildman–Crippen LogP) is 6.05. The first kappa shape index (κ1) is 17.0. The summed E-state index contributed by atoms with van der Waals surface area (Å²) in [6.07, 6.45) is 2.00. The van der Waals surface area contributed by atoms with Gasteiger partial charge in [-0.1, -0.05) is 24.3 Å². The van der Waals surface area contributed by atoms with Gasteiger partial charge in [-0.2, -0.15) is 0 Å². The average molecular weight is 356 g/mol. The van der Waals surface area contributed by atoms with Crippen molar-refractivity contribution in [3.8, 4) is 17.0 Å². The standard InChI is InChI=1S/C22H20N4O/c1-14-7-10-20-23-21(17-9-8-15(2)16(3)11-17)22(26(20)13-14)25-24-18-5-4-6-19(27)12-18/h4-13,27H,1-3H3. The number of hydrogen-bond acceptors (Lipinski definition) is 4. The molecule has 0 amide bonds. The molecule has 134 valence electrons. The zero-order valence-corrected chi connectivity index (χ0v) is 15.5. The monoisotopic (exact) mass is 356 g/mol. The van der Waals surface area contributed by atoms with E-state index in [-0.39, 0.29) is 5.75 Å². The second-order valence-corrected chi connectivity index (χ2v) is 6.74. The third-order valence-electron chi connectivity index (χ3n) is 4.61. The number of aromatic nitrogens is 2. The Kier molecular flexibility index (Phi) is 4.20. The number of hydrogen-bond donors (Lipinski definition) is 1. The van der Waals surface area contributed by atoms with E-state index in [1.807, 2.05) is 29.7 Å². The lowest BCUT2D eigenvalue weighted by Crippen LogP contribution is -1.85. The van der Waals surface area contributed by atoms with Gasteiger partial charge in [-0.15, -0.1) is 10.2 Å². The molecule has 0 aliphatic rings. The van der Waals surface area contributed by atoms with Gasteiger partial charge in [0, 0.05) is 17.8 Å². The highest BCUT2D eigenvalue weighted by atomic mass is 16.3. The summed E-state index contributed by atoms with van der Waals surface area (Å²) in [5, 5.41) is 18.5. The molecule has 5 heteroatoms. The molecule has 0 radical (unpaired) electrons. The number of phenols is 1. The Bertz CT molecular complexity index is 1170. The maximum absolute atomic E-state index is 9.65. The molecule has 0 saturated heterocycles. The fourth-order valence-electron chi connectivity index (χ4n) is 2.98. The molecule has 2 heterocycles. The molecule has 0 aliphatic carbocycles. The molecular formula is C22H20N4O. The van der Waals surface area contributed by atoms with Crippen LogP contribution < -0.4 is 0 Å². The summed E-state index contributed by atoms with van der Waals surface area (Å²) >= 11 is 0. The average Bonchev–Trinajstić information content (AvgIpc) is 3.00. The van der Waals surface area contributed by atoms with Crippen molar-refractivity contribution in [3.05, 3.63) is 77.5 Å². The number of aromatic hydroxyl groups is 1. The Morgan fingerprint density at radius 2 is 1.74 bits per heavy atom. The topological polar surface area (TPSA) is 62.2 Å². The van der Waals surface area contributed by atoms with Gasteiger partial charge in [0.1, 0.15) is 17.1 Å². The fourth-order valence-corrected chi connectivity index (χ4v) is 2.98. The van der Waals surface area contributed by atoms with Gasteiger partial charge in [0.15, 0.2) is 5.82 Å². The third kappa shape index (κ3) is 3.31. The lowest BCUT2D eigenvalue weighted by Gasteiger charge is -2.04. The molecule has 1 N–H and O–H groups in total. The second kappa shape index (κ2) is 6.68. The third-order valence-corrected chi connectivity index (χ3v) is 4.61. The van der Waals surface area contributed by atoms with Crippen LogP contribution in [0.3, 0.4) is 0 Å². The first-order valence-electron chi connectivity index (χ1n) is 8.78. The van der Waals surface area contributed by atoms with Crippen LogP contribution >= 0.6 is 0 Å². The van der Waals surface area contributed by atoms with Gasteiger partial charge in [-0.05, 0) is 61.7 Å². The van der Waals surface area contributed by atoms with E-state index in [0.29, 0.717) is 11.5 Å². The van der Waals surface area contributed by atoms with E-state index in [4.69, 9.17) is 4.98 Å². The number of rotatable bonds is 3. The van der Waals surface area contributed by atoms with Crippen LogP contribution in [-0.4, -0.2) is 14.5 Å². The quantitative estimate of drug-likeness (QED) is 0.454. The Morgan fingerprint density at radius 1 is 0.889 bits per heavy atom. The van der Waals surface area contributed by atoms with Crippen LogP contribution in [0, 0.1) is 20.8 Å². The first-order valence-corrected chi connectivity index (χ1v) is 8.78. The molecule has 0 spiro atoms. The van der Waals surface area contributed by atoms with Crippen LogP contribution in [-0.2, 0) is 0 Å². The minimum atomic E-state index is 0.162. The van der Waals surface area contributed by atoms with Crippen LogP contribution in [0.2, 0.25) is 0 Å². The Balaban J connectivity index is 1.90. The molecule has 2 aromatic carbocycles. The summed E-state index contributed by atoms with van der Waals surface area (Å²) in [6.45, 7) is 6.21. The van der Waals surface area contributed by atoms with Gasteiger partial charge < -0.3 is 5.11 Å². The summed E-state index contributed by atoms with van der Waals surface area (Å²) < 4.78 is 1.95. The summed E-state index contributed by atoms with van der Waals surface area (Å²) in [7, 11) is 0. The number of aryl methyl sites for hydroxylation is 3. The van der Waals surface area contributed by atoms with Gasteiger partial charge >= 0.3 is 0 Å². The van der Waals surface area contributed by atoms with Crippen molar-refractivity contribution in [2.75, 3.05) is 0 Å². The van der Waals surface area contributed by atoms with Crippen LogP contribution in [0.1, 0.15) is 16.7 Å². The van der Waals surface area contributed by atoms with Crippen molar-refractivity contribution in [2.24, 2.45) is 10.2 Å². The highest BCUT2D eigenvalue weighted by Crippen LogP contribution is 2.33. The number of imidazole rings is 1. The van der Waals surface area contributed by atoms with E-state index in [2.05, 4.69) is 42.3 Å². The number of fused-ring (bicyclic) bond motifs is 1. The molecule has 27 heavy (non-hydrogen) atoms. The van der Waals surface area contributed by atoms with Crippen molar-refractivity contribution in [1.29, 1.82) is 0 Å². The van der Waals surface area contributed by atoms with E-state index in [0.717, 1.165) is 22.5 Å². The van der Waals surface area contributed by atoms with Crippen molar-refractivity contribution < 1.29 is 5.11 Å². The minimum absolute atomic E-state index is 0.162. The highest BCUT2D eigenvalue weighted by molar-refractivity contribution is 5.75. The van der Waals surface area contributed by atoms with Crippen LogP contribution in [0.15, 0.2) is 71.0 Å². The Labute approximate surface area is 157 Å². The fraction of sp³-hybridized carbons (Fsp3) is 0.136. The van der Waals surface area contributed by atoms with Gasteiger partial charge in [0.25, 0.3) is 0 Å². The maximum Gasteiger partial charge on any atom is 0.187 e. The van der Waals surface area contributed by atoms with Crippen LogP contribution in [0.5, 0.6) is 5.75 Å². The van der Waals surface area contributed by atoms with E-state index in [1.165, 1.54) is 11.1 Å². The molecule has 0 bridgehead atoms. The second-order valence-electron chi connectivity index (χ2n) is 6.74. The summed E-state index contributed by atoms with van der Waals surface area (Å²) in [4.78, 5) is 4.78. The number of phenolic OH excluding ortho intramolecular Hbond substituents is 1. The lowest BCUT2D eigenvalue weighted by atomic mass is 10.0. The smallest absolute Gasteiger partial charge is 0.187 e.